The lowest BCUT2D eigenvalue weighted by Gasteiger charge is -2.41. The molecule has 5 unspecified atom stereocenters. The Hall–Kier alpha value is -0.120. The van der Waals surface area contributed by atoms with Gasteiger partial charge in [0.2, 0.25) is 0 Å². The van der Waals surface area contributed by atoms with Crippen LogP contribution in [0.5, 0.6) is 0 Å². The predicted octanol–water partition coefficient (Wildman–Crippen LogP) is 2.09. The van der Waals surface area contributed by atoms with E-state index in [1.807, 2.05) is 0 Å². The molecule has 2 aliphatic rings. The second kappa shape index (κ2) is 6.55. The number of piperidine rings is 1. The van der Waals surface area contributed by atoms with Crippen molar-refractivity contribution < 1.29 is 5.11 Å². The van der Waals surface area contributed by atoms with Crippen molar-refractivity contribution in [2.75, 3.05) is 19.6 Å². The lowest BCUT2D eigenvalue weighted by Crippen LogP contribution is -2.48. The summed E-state index contributed by atoms with van der Waals surface area (Å²) in [5.74, 6) is 2.72. The van der Waals surface area contributed by atoms with Crippen LogP contribution >= 0.6 is 0 Å². The maximum Gasteiger partial charge on any atom is 0.0590 e. The second-order valence-corrected chi connectivity index (χ2v) is 7.33. The lowest BCUT2D eigenvalue weighted by molar-refractivity contribution is 0.0215. The van der Waals surface area contributed by atoms with Crippen molar-refractivity contribution in [3.63, 3.8) is 0 Å². The van der Waals surface area contributed by atoms with Crippen molar-refractivity contribution >= 4 is 0 Å². The van der Waals surface area contributed by atoms with Crippen LogP contribution < -0.4 is 5.73 Å². The van der Waals surface area contributed by atoms with Gasteiger partial charge in [0.15, 0.2) is 0 Å². The van der Waals surface area contributed by atoms with Gasteiger partial charge in [-0.2, -0.15) is 0 Å². The number of rotatable bonds is 3. The quantitative estimate of drug-likeness (QED) is 0.824. The van der Waals surface area contributed by atoms with Gasteiger partial charge in [-0.25, -0.2) is 0 Å². The van der Waals surface area contributed by atoms with Gasteiger partial charge in [-0.1, -0.05) is 20.8 Å². The molecular weight excluding hydrogens is 236 g/mol. The summed E-state index contributed by atoms with van der Waals surface area (Å²) in [6.45, 7) is 10.1. The molecule has 0 aromatic heterocycles. The Bertz CT molecular complexity index is 282. The molecule has 19 heavy (non-hydrogen) atoms. The third-order valence-corrected chi connectivity index (χ3v) is 5.46. The normalized spacial score (nSPS) is 41.7. The highest BCUT2D eigenvalue weighted by molar-refractivity contribution is 4.87. The summed E-state index contributed by atoms with van der Waals surface area (Å²) in [6.07, 6.45) is 4.63. The van der Waals surface area contributed by atoms with E-state index in [4.69, 9.17) is 5.73 Å². The van der Waals surface area contributed by atoms with Crippen LogP contribution in [0.15, 0.2) is 0 Å². The van der Waals surface area contributed by atoms with Crippen molar-refractivity contribution in [1.82, 2.24) is 4.90 Å². The molecule has 3 N–H and O–H groups in total. The number of aliphatic hydroxyl groups excluding tert-OH is 1. The van der Waals surface area contributed by atoms with Gasteiger partial charge < -0.3 is 15.7 Å². The van der Waals surface area contributed by atoms with Crippen LogP contribution in [0.1, 0.15) is 46.5 Å². The Kier molecular flexibility index (Phi) is 5.27. The van der Waals surface area contributed by atoms with Crippen molar-refractivity contribution in [2.24, 2.45) is 29.4 Å². The average molecular weight is 268 g/mol. The van der Waals surface area contributed by atoms with Crippen LogP contribution in [0.2, 0.25) is 0 Å². The Labute approximate surface area is 118 Å². The van der Waals surface area contributed by atoms with E-state index in [2.05, 4.69) is 25.7 Å². The molecule has 5 atom stereocenters. The Morgan fingerprint density at radius 2 is 2.00 bits per heavy atom. The Morgan fingerprint density at radius 3 is 2.63 bits per heavy atom. The van der Waals surface area contributed by atoms with Gasteiger partial charge in [-0.15, -0.1) is 0 Å². The van der Waals surface area contributed by atoms with Gasteiger partial charge in [-0.05, 0) is 49.4 Å². The largest absolute Gasteiger partial charge is 0.393 e. The fraction of sp³-hybridized carbons (Fsp3) is 1.00. The number of likely N-dealkylation sites (tertiary alicyclic amines) is 1. The summed E-state index contributed by atoms with van der Waals surface area (Å²) >= 11 is 0. The van der Waals surface area contributed by atoms with E-state index in [-0.39, 0.29) is 6.10 Å². The molecule has 3 nitrogen and oxygen atoms in total. The number of aliphatic hydroxyl groups is 1. The topological polar surface area (TPSA) is 49.5 Å². The smallest absolute Gasteiger partial charge is 0.0590 e. The minimum Gasteiger partial charge on any atom is -0.393 e. The number of nitrogens with zero attached hydrogens (tertiary/aromatic N) is 1. The van der Waals surface area contributed by atoms with Gasteiger partial charge in [0.05, 0.1) is 6.10 Å². The molecular formula is C16H32N2O. The SMILES string of the molecule is CC(C)C1CCC(N)C(CN2CCC(O)C(C)C2)C1. The van der Waals surface area contributed by atoms with Crippen LogP contribution in [-0.4, -0.2) is 41.8 Å². The first-order valence-corrected chi connectivity index (χ1v) is 8.13. The maximum absolute atomic E-state index is 9.82. The lowest BCUT2D eigenvalue weighted by atomic mass is 9.73. The number of hydrogen-bond acceptors (Lipinski definition) is 3. The molecule has 2 fully saturated rings. The van der Waals surface area contributed by atoms with Crippen LogP contribution in [0, 0.1) is 23.7 Å². The first-order chi connectivity index (χ1) is 8.97. The van der Waals surface area contributed by atoms with Gasteiger partial charge >= 0.3 is 0 Å². The standard InChI is InChI=1S/C16H32N2O/c1-11(2)13-4-5-15(17)14(8-13)10-18-7-6-16(19)12(3)9-18/h11-16,19H,4-10,17H2,1-3H3. The van der Waals surface area contributed by atoms with Gasteiger partial charge in [0.1, 0.15) is 0 Å². The zero-order valence-corrected chi connectivity index (χ0v) is 12.9. The summed E-state index contributed by atoms with van der Waals surface area (Å²) in [7, 11) is 0. The molecule has 0 amide bonds. The van der Waals surface area contributed by atoms with Crippen molar-refractivity contribution in [2.45, 2.75) is 58.6 Å². The highest BCUT2D eigenvalue weighted by Gasteiger charge is 2.32. The first-order valence-electron chi connectivity index (χ1n) is 8.13. The highest BCUT2D eigenvalue weighted by Crippen LogP contribution is 2.34. The Balaban J connectivity index is 1.86. The fourth-order valence-corrected chi connectivity index (χ4v) is 3.86. The van der Waals surface area contributed by atoms with E-state index in [1.165, 1.54) is 19.3 Å². The van der Waals surface area contributed by atoms with Gasteiger partial charge in [0, 0.05) is 25.7 Å². The van der Waals surface area contributed by atoms with Crippen molar-refractivity contribution in [3.05, 3.63) is 0 Å². The average Bonchev–Trinajstić information content (AvgIpc) is 2.36. The molecule has 112 valence electrons. The molecule has 1 saturated heterocycles. The minimum absolute atomic E-state index is 0.0975. The van der Waals surface area contributed by atoms with Crippen molar-refractivity contribution in [3.8, 4) is 0 Å². The summed E-state index contributed by atoms with van der Waals surface area (Å²) in [5.41, 5.74) is 6.34. The number of hydrogen-bond donors (Lipinski definition) is 2. The van der Waals surface area contributed by atoms with Crippen LogP contribution in [0.25, 0.3) is 0 Å². The first kappa shape index (κ1) is 15.3. The molecule has 1 saturated carbocycles. The zero-order chi connectivity index (χ0) is 14.0. The third-order valence-electron chi connectivity index (χ3n) is 5.46. The van der Waals surface area contributed by atoms with Gasteiger partial charge in [-0.3, -0.25) is 0 Å². The fourth-order valence-electron chi connectivity index (χ4n) is 3.86. The maximum atomic E-state index is 9.82. The summed E-state index contributed by atoms with van der Waals surface area (Å²) in [4.78, 5) is 2.53. The second-order valence-electron chi connectivity index (χ2n) is 7.33. The van der Waals surface area contributed by atoms with Crippen molar-refractivity contribution in [1.29, 1.82) is 0 Å². The van der Waals surface area contributed by atoms with E-state index < -0.39 is 0 Å². The van der Waals surface area contributed by atoms with E-state index >= 15 is 0 Å². The molecule has 0 aromatic rings. The van der Waals surface area contributed by atoms with E-state index in [1.54, 1.807) is 0 Å². The molecule has 0 radical (unpaired) electrons. The van der Waals surface area contributed by atoms with Gasteiger partial charge in [0.25, 0.3) is 0 Å². The van der Waals surface area contributed by atoms with Crippen LogP contribution in [-0.2, 0) is 0 Å². The summed E-state index contributed by atoms with van der Waals surface area (Å²) < 4.78 is 0. The van der Waals surface area contributed by atoms with Crippen LogP contribution in [0.4, 0.5) is 0 Å². The minimum atomic E-state index is -0.0975. The summed E-state index contributed by atoms with van der Waals surface area (Å²) in [5, 5.41) is 9.82. The molecule has 0 bridgehead atoms. The highest BCUT2D eigenvalue weighted by atomic mass is 16.3. The molecule has 1 aliphatic heterocycles. The van der Waals surface area contributed by atoms with E-state index in [9.17, 15) is 5.11 Å². The predicted molar refractivity (Wildman–Crippen MR) is 79.9 cm³/mol. The molecule has 1 heterocycles. The molecule has 2 rings (SSSR count). The zero-order valence-electron chi connectivity index (χ0n) is 12.9. The third kappa shape index (κ3) is 3.93. The Morgan fingerprint density at radius 1 is 1.26 bits per heavy atom. The molecule has 0 spiro atoms. The van der Waals surface area contributed by atoms with Crippen LogP contribution in [0.3, 0.4) is 0 Å². The molecule has 0 aromatic carbocycles. The number of nitrogens with two attached hydrogens (primary N) is 1. The van der Waals surface area contributed by atoms with E-state index in [0.717, 1.165) is 37.9 Å². The van der Waals surface area contributed by atoms with E-state index in [0.29, 0.717) is 17.9 Å². The summed E-state index contributed by atoms with van der Waals surface area (Å²) in [6, 6.07) is 0.386. The molecule has 1 aliphatic carbocycles. The monoisotopic (exact) mass is 268 g/mol. The molecule has 3 heteroatoms.